The van der Waals surface area contributed by atoms with Gasteiger partial charge in [0.05, 0.1) is 6.33 Å². The quantitative estimate of drug-likeness (QED) is 0.816. The number of anilines is 1. The van der Waals surface area contributed by atoms with Crippen LogP contribution >= 0.6 is 11.8 Å². The summed E-state index contributed by atoms with van der Waals surface area (Å²) >= 11 is 1.93. The minimum Gasteiger partial charge on any atom is -0.367 e. The van der Waals surface area contributed by atoms with E-state index in [4.69, 9.17) is 0 Å². The molecule has 0 saturated carbocycles. The summed E-state index contributed by atoms with van der Waals surface area (Å²) in [6.07, 6.45) is 3.16. The number of thioether (sulfide) groups is 1. The molecular formula is C11H17N5S. The van der Waals surface area contributed by atoms with Crippen molar-refractivity contribution < 1.29 is 0 Å². The van der Waals surface area contributed by atoms with Gasteiger partial charge in [-0.05, 0) is 0 Å². The second-order valence-electron chi connectivity index (χ2n) is 4.71. The molecule has 2 N–H and O–H groups in total. The van der Waals surface area contributed by atoms with Gasteiger partial charge in [-0.1, -0.05) is 20.8 Å². The van der Waals surface area contributed by atoms with Gasteiger partial charge in [0.2, 0.25) is 0 Å². The minimum atomic E-state index is 0.302. The molecule has 0 radical (unpaired) electrons. The van der Waals surface area contributed by atoms with Crippen molar-refractivity contribution in [3.8, 4) is 0 Å². The number of rotatable bonds is 4. The Balaban J connectivity index is 1.93. The first-order valence-corrected chi connectivity index (χ1v) is 6.57. The first-order valence-electron chi connectivity index (χ1n) is 5.58. The molecule has 0 spiro atoms. The first kappa shape index (κ1) is 12.2. The smallest absolute Gasteiger partial charge is 0.182 e. The zero-order chi connectivity index (χ0) is 12.3. The Morgan fingerprint density at radius 3 is 2.88 bits per heavy atom. The summed E-state index contributed by atoms with van der Waals surface area (Å²) in [5.74, 6) is 1.87. The van der Waals surface area contributed by atoms with E-state index in [1.807, 2.05) is 11.8 Å². The lowest BCUT2D eigenvalue weighted by Gasteiger charge is -2.17. The molecule has 0 aliphatic heterocycles. The number of fused-ring (bicyclic) bond motifs is 1. The SMILES string of the molecule is CC(C)(C)SCCNc1ncnc2nc[nH]c12. The van der Waals surface area contributed by atoms with Crippen molar-refractivity contribution in [1.82, 2.24) is 19.9 Å². The number of aromatic amines is 1. The van der Waals surface area contributed by atoms with Gasteiger partial charge >= 0.3 is 0 Å². The van der Waals surface area contributed by atoms with Crippen LogP contribution in [0.1, 0.15) is 20.8 Å². The Morgan fingerprint density at radius 2 is 2.12 bits per heavy atom. The highest BCUT2D eigenvalue weighted by Gasteiger charge is 2.10. The number of imidazole rings is 1. The van der Waals surface area contributed by atoms with Gasteiger partial charge < -0.3 is 10.3 Å². The van der Waals surface area contributed by atoms with Crippen LogP contribution in [-0.4, -0.2) is 37.0 Å². The van der Waals surface area contributed by atoms with Crippen LogP contribution in [0.25, 0.3) is 11.2 Å². The van der Waals surface area contributed by atoms with Gasteiger partial charge in [0.1, 0.15) is 11.8 Å². The minimum absolute atomic E-state index is 0.302. The van der Waals surface area contributed by atoms with Crippen LogP contribution in [0.5, 0.6) is 0 Å². The molecule has 0 fully saturated rings. The van der Waals surface area contributed by atoms with E-state index in [0.29, 0.717) is 10.4 Å². The van der Waals surface area contributed by atoms with Gasteiger partial charge in [0.25, 0.3) is 0 Å². The second-order valence-corrected chi connectivity index (χ2v) is 6.63. The Hall–Kier alpha value is -1.30. The van der Waals surface area contributed by atoms with E-state index in [9.17, 15) is 0 Å². The lowest BCUT2D eigenvalue weighted by Crippen LogP contribution is -2.13. The maximum atomic E-state index is 4.21. The highest BCUT2D eigenvalue weighted by atomic mass is 32.2. The highest BCUT2D eigenvalue weighted by molar-refractivity contribution is 8.00. The molecule has 0 atom stereocenters. The third-order valence-electron chi connectivity index (χ3n) is 2.15. The Bertz CT molecular complexity index is 488. The fourth-order valence-electron chi connectivity index (χ4n) is 1.43. The monoisotopic (exact) mass is 251 g/mol. The van der Waals surface area contributed by atoms with Crippen molar-refractivity contribution in [2.24, 2.45) is 0 Å². The summed E-state index contributed by atoms with van der Waals surface area (Å²) in [7, 11) is 0. The molecule has 92 valence electrons. The molecular weight excluding hydrogens is 234 g/mol. The van der Waals surface area contributed by atoms with E-state index < -0.39 is 0 Å². The molecule has 2 heterocycles. The maximum absolute atomic E-state index is 4.21. The van der Waals surface area contributed by atoms with Crippen molar-refractivity contribution in [2.45, 2.75) is 25.5 Å². The van der Waals surface area contributed by atoms with Crippen molar-refractivity contribution >= 4 is 28.7 Å². The Morgan fingerprint density at radius 1 is 1.29 bits per heavy atom. The normalized spacial score (nSPS) is 11.9. The molecule has 2 aromatic heterocycles. The van der Waals surface area contributed by atoms with Gasteiger partial charge in [-0.2, -0.15) is 11.8 Å². The number of aromatic nitrogens is 4. The van der Waals surface area contributed by atoms with Crippen LogP contribution in [0.2, 0.25) is 0 Å². The Kier molecular flexibility index (Phi) is 3.51. The van der Waals surface area contributed by atoms with Gasteiger partial charge in [-0.15, -0.1) is 0 Å². The summed E-state index contributed by atoms with van der Waals surface area (Å²) in [5.41, 5.74) is 1.57. The molecule has 5 nitrogen and oxygen atoms in total. The standard InChI is InChI=1S/C11H17N5S/c1-11(2,3)17-5-4-12-9-8-10(14-6-13-8)16-7-15-9/h6-7H,4-5H2,1-3H3,(H2,12,13,14,15,16). The maximum Gasteiger partial charge on any atom is 0.182 e. The largest absolute Gasteiger partial charge is 0.367 e. The first-order chi connectivity index (χ1) is 8.06. The number of nitrogens with zero attached hydrogens (tertiary/aromatic N) is 3. The van der Waals surface area contributed by atoms with Gasteiger partial charge in [-0.3, -0.25) is 0 Å². The van der Waals surface area contributed by atoms with E-state index >= 15 is 0 Å². The van der Waals surface area contributed by atoms with E-state index in [-0.39, 0.29) is 0 Å². The summed E-state index contributed by atoms with van der Waals surface area (Å²) in [5, 5.41) is 3.30. The second kappa shape index (κ2) is 4.91. The number of nitrogens with one attached hydrogen (secondary N) is 2. The molecule has 0 aliphatic carbocycles. The third-order valence-corrected chi connectivity index (χ3v) is 3.43. The third kappa shape index (κ3) is 3.33. The Labute approximate surface area is 105 Å². The molecule has 2 aromatic rings. The number of hydrogen-bond acceptors (Lipinski definition) is 5. The van der Waals surface area contributed by atoms with Gasteiger partial charge in [-0.25, -0.2) is 15.0 Å². The molecule has 0 saturated heterocycles. The number of H-pyrrole nitrogens is 1. The van der Waals surface area contributed by atoms with Crippen molar-refractivity contribution in [2.75, 3.05) is 17.6 Å². The van der Waals surface area contributed by atoms with Gasteiger partial charge in [0.15, 0.2) is 11.5 Å². The van der Waals surface area contributed by atoms with Crippen molar-refractivity contribution in [3.63, 3.8) is 0 Å². The van der Waals surface area contributed by atoms with Crippen LogP contribution < -0.4 is 5.32 Å². The zero-order valence-electron chi connectivity index (χ0n) is 10.3. The highest BCUT2D eigenvalue weighted by Crippen LogP contribution is 2.22. The summed E-state index contributed by atoms with van der Waals surface area (Å²) < 4.78 is 0.302. The van der Waals surface area contributed by atoms with E-state index in [2.05, 4.69) is 46.0 Å². The van der Waals surface area contributed by atoms with Crippen molar-refractivity contribution in [3.05, 3.63) is 12.7 Å². The zero-order valence-corrected chi connectivity index (χ0v) is 11.1. The topological polar surface area (TPSA) is 66.5 Å². The molecule has 2 rings (SSSR count). The predicted octanol–water partition coefficient (Wildman–Crippen LogP) is 2.30. The van der Waals surface area contributed by atoms with Crippen LogP contribution in [0.4, 0.5) is 5.82 Å². The molecule has 6 heteroatoms. The summed E-state index contributed by atoms with van der Waals surface area (Å²) in [4.78, 5) is 15.4. The molecule has 17 heavy (non-hydrogen) atoms. The molecule has 0 aliphatic rings. The van der Waals surface area contributed by atoms with Gasteiger partial charge in [0, 0.05) is 17.0 Å². The van der Waals surface area contributed by atoms with E-state index in [0.717, 1.165) is 23.6 Å². The summed E-state index contributed by atoms with van der Waals surface area (Å²) in [6.45, 7) is 7.54. The fraction of sp³-hybridized carbons (Fsp3) is 0.545. The van der Waals surface area contributed by atoms with E-state index in [1.165, 1.54) is 6.33 Å². The fourth-order valence-corrected chi connectivity index (χ4v) is 2.24. The summed E-state index contributed by atoms with van der Waals surface area (Å²) in [6, 6.07) is 0. The van der Waals surface area contributed by atoms with Crippen LogP contribution in [0, 0.1) is 0 Å². The average Bonchev–Trinajstić information content (AvgIpc) is 2.71. The van der Waals surface area contributed by atoms with Crippen LogP contribution in [0.15, 0.2) is 12.7 Å². The number of hydrogen-bond donors (Lipinski definition) is 2. The average molecular weight is 251 g/mol. The molecule has 0 bridgehead atoms. The van der Waals surface area contributed by atoms with E-state index in [1.54, 1.807) is 6.33 Å². The lowest BCUT2D eigenvalue weighted by atomic mass is 10.3. The molecule has 0 unspecified atom stereocenters. The molecule has 0 aromatic carbocycles. The predicted molar refractivity (Wildman–Crippen MR) is 72.4 cm³/mol. The van der Waals surface area contributed by atoms with Crippen molar-refractivity contribution in [1.29, 1.82) is 0 Å². The van der Waals surface area contributed by atoms with Crippen LogP contribution in [0.3, 0.4) is 0 Å². The lowest BCUT2D eigenvalue weighted by molar-refractivity contribution is 0.802. The van der Waals surface area contributed by atoms with Crippen LogP contribution in [-0.2, 0) is 0 Å². The molecule has 0 amide bonds.